The van der Waals surface area contributed by atoms with Crippen LogP contribution < -0.4 is 5.32 Å². The third kappa shape index (κ3) is 2.39. The highest BCUT2D eigenvalue weighted by atomic mass is 19.1. The van der Waals surface area contributed by atoms with Gasteiger partial charge in [-0.15, -0.1) is 0 Å². The maximum atomic E-state index is 14.2. The first kappa shape index (κ1) is 17.5. The Hall–Kier alpha value is -1.92. The molecule has 0 aliphatic heterocycles. The number of aliphatic hydroxyl groups excluding tert-OH is 1. The number of nitrogens with one attached hydrogen (secondary N) is 1. The summed E-state index contributed by atoms with van der Waals surface area (Å²) in [6.45, 7) is 5.80. The van der Waals surface area contributed by atoms with Crippen molar-refractivity contribution < 1.29 is 13.9 Å². The summed E-state index contributed by atoms with van der Waals surface area (Å²) in [4.78, 5) is 0. The maximum absolute atomic E-state index is 14.2. The molecule has 4 nitrogen and oxygen atoms in total. The van der Waals surface area contributed by atoms with Crippen molar-refractivity contribution in [3.63, 3.8) is 0 Å². The number of aromatic nitrogens is 2. The van der Waals surface area contributed by atoms with Gasteiger partial charge in [0, 0.05) is 18.5 Å². The van der Waals surface area contributed by atoms with E-state index in [1.807, 2.05) is 6.07 Å². The lowest BCUT2D eigenvalue weighted by molar-refractivity contribution is 0.269. The average Bonchev–Trinajstić information content (AvgIpc) is 2.99. The molecule has 0 spiro atoms. The van der Waals surface area contributed by atoms with Crippen LogP contribution in [0.15, 0.2) is 24.3 Å². The topological polar surface area (TPSA) is 58.0 Å². The van der Waals surface area contributed by atoms with Gasteiger partial charge in [0.1, 0.15) is 11.6 Å². The Balaban J connectivity index is 1.79. The third-order valence-electron chi connectivity index (χ3n) is 6.31. The summed E-state index contributed by atoms with van der Waals surface area (Å²) >= 11 is 0. The molecule has 0 amide bonds. The van der Waals surface area contributed by atoms with E-state index >= 15 is 0 Å². The minimum atomic E-state index is -0.622. The van der Waals surface area contributed by atoms with Gasteiger partial charge < -0.3 is 10.4 Å². The van der Waals surface area contributed by atoms with Crippen LogP contribution in [0.3, 0.4) is 0 Å². The Bertz CT molecular complexity index is 824. The van der Waals surface area contributed by atoms with Crippen molar-refractivity contribution in [3.05, 3.63) is 47.2 Å². The van der Waals surface area contributed by atoms with Crippen LogP contribution in [0.1, 0.15) is 37.4 Å². The Morgan fingerprint density at radius 3 is 2.65 bits per heavy atom. The van der Waals surface area contributed by atoms with E-state index in [1.54, 1.807) is 0 Å². The summed E-state index contributed by atoms with van der Waals surface area (Å²) in [6.07, 6.45) is 1.01. The molecule has 1 saturated carbocycles. The molecule has 2 aromatic rings. The van der Waals surface area contributed by atoms with Gasteiger partial charge in [0.25, 0.3) is 0 Å². The fourth-order valence-corrected chi connectivity index (χ4v) is 5.23. The summed E-state index contributed by atoms with van der Waals surface area (Å²) in [5.74, 6) is -0.0969. The van der Waals surface area contributed by atoms with E-state index in [1.165, 1.54) is 18.2 Å². The lowest BCUT2D eigenvalue weighted by Gasteiger charge is -2.31. The van der Waals surface area contributed by atoms with Crippen LogP contribution in [0.2, 0.25) is 0 Å². The number of halogens is 2. The zero-order valence-electron chi connectivity index (χ0n) is 15.0. The number of benzene rings is 1. The van der Waals surface area contributed by atoms with E-state index < -0.39 is 11.6 Å². The summed E-state index contributed by atoms with van der Waals surface area (Å²) in [5.41, 5.74) is 2.02. The van der Waals surface area contributed by atoms with E-state index in [-0.39, 0.29) is 23.3 Å². The zero-order valence-corrected chi connectivity index (χ0v) is 15.0. The molecule has 1 aromatic carbocycles. The zero-order chi connectivity index (χ0) is 18.5. The van der Waals surface area contributed by atoms with Gasteiger partial charge in [-0.2, -0.15) is 10.2 Å². The molecule has 26 heavy (non-hydrogen) atoms. The van der Waals surface area contributed by atoms with Gasteiger partial charge in [-0.25, -0.2) is 8.78 Å². The first-order valence-electron chi connectivity index (χ1n) is 9.13. The molecular weight excluding hydrogens is 336 g/mol. The molecule has 2 bridgehead atoms. The molecule has 2 N–H and O–H groups in total. The standard InChI is InChI=1S/C20H23F2N3O/c1-11-9-20(10-23-6-7-26)12(2)17(11)13-8-16(24-25-19(13)20)18-14(21)4-3-5-15(18)22/h3-5,8,11-12,17,23,26H,6-7,9-10H2,1-2H3/t11?,12?,17-,20-/m1/s1. The summed E-state index contributed by atoms with van der Waals surface area (Å²) < 4.78 is 28.3. The molecule has 2 unspecified atom stereocenters. The normalized spacial score (nSPS) is 29.2. The summed E-state index contributed by atoms with van der Waals surface area (Å²) in [6, 6.07) is 5.66. The third-order valence-corrected chi connectivity index (χ3v) is 6.31. The van der Waals surface area contributed by atoms with Crippen LogP contribution in [-0.4, -0.2) is 35.0 Å². The van der Waals surface area contributed by atoms with E-state index in [2.05, 4.69) is 29.4 Å². The van der Waals surface area contributed by atoms with Crippen molar-refractivity contribution in [2.75, 3.05) is 19.7 Å². The molecule has 2 aliphatic rings. The number of fused-ring (bicyclic) bond motifs is 5. The first-order valence-corrected chi connectivity index (χ1v) is 9.13. The largest absolute Gasteiger partial charge is 0.395 e. The van der Waals surface area contributed by atoms with E-state index in [0.717, 1.165) is 24.2 Å². The molecule has 1 fully saturated rings. The average molecular weight is 359 g/mol. The van der Waals surface area contributed by atoms with Gasteiger partial charge in [0.15, 0.2) is 0 Å². The minimum absolute atomic E-state index is 0.0908. The fourth-order valence-electron chi connectivity index (χ4n) is 5.23. The molecule has 138 valence electrons. The van der Waals surface area contributed by atoms with Crippen LogP contribution >= 0.6 is 0 Å². The number of hydrogen-bond donors (Lipinski definition) is 2. The molecule has 4 rings (SSSR count). The molecule has 1 heterocycles. The van der Waals surface area contributed by atoms with Gasteiger partial charge in [0.2, 0.25) is 0 Å². The number of nitrogens with zero attached hydrogens (tertiary/aromatic N) is 2. The van der Waals surface area contributed by atoms with Crippen LogP contribution in [0.25, 0.3) is 11.3 Å². The quantitative estimate of drug-likeness (QED) is 0.806. The van der Waals surface area contributed by atoms with Crippen molar-refractivity contribution in [1.29, 1.82) is 0 Å². The minimum Gasteiger partial charge on any atom is -0.395 e. The first-order chi connectivity index (χ1) is 12.5. The second-order valence-electron chi connectivity index (χ2n) is 7.68. The molecule has 4 atom stereocenters. The molecule has 6 heteroatoms. The van der Waals surface area contributed by atoms with Crippen molar-refractivity contribution in [2.45, 2.75) is 31.6 Å². The molecule has 1 aromatic heterocycles. The lowest BCUT2D eigenvalue weighted by atomic mass is 9.77. The smallest absolute Gasteiger partial charge is 0.135 e. The van der Waals surface area contributed by atoms with Crippen LogP contribution in [-0.2, 0) is 5.41 Å². The fraction of sp³-hybridized carbons (Fsp3) is 0.500. The SMILES string of the molecule is CC1C[C@]2(CNCCO)c3nnc(-c4c(F)cccc4F)cc3[C@H]1C2C. The van der Waals surface area contributed by atoms with E-state index in [4.69, 9.17) is 5.11 Å². The van der Waals surface area contributed by atoms with Gasteiger partial charge in [-0.05, 0) is 47.9 Å². The highest BCUT2D eigenvalue weighted by Gasteiger charge is 2.59. The lowest BCUT2D eigenvalue weighted by Crippen LogP contribution is -2.41. The molecule has 2 aliphatic carbocycles. The van der Waals surface area contributed by atoms with Crippen molar-refractivity contribution in [3.8, 4) is 11.3 Å². The summed E-state index contributed by atoms with van der Waals surface area (Å²) in [7, 11) is 0. The monoisotopic (exact) mass is 359 g/mol. The molecule has 0 saturated heterocycles. The van der Waals surface area contributed by atoms with Crippen LogP contribution in [0.5, 0.6) is 0 Å². The highest BCUT2D eigenvalue weighted by molar-refractivity contribution is 5.63. The van der Waals surface area contributed by atoms with Crippen LogP contribution in [0.4, 0.5) is 8.78 Å². The van der Waals surface area contributed by atoms with Gasteiger partial charge in [0.05, 0.1) is 23.6 Å². The Kier molecular flexibility index (Phi) is 4.28. The van der Waals surface area contributed by atoms with Gasteiger partial charge in [-0.1, -0.05) is 19.9 Å². The van der Waals surface area contributed by atoms with Gasteiger partial charge >= 0.3 is 0 Å². The number of hydrogen-bond acceptors (Lipinski definition) is 4. The predicted molar refractivity (Wildman–Crippen MR) is 94.7 cm³/mol. The molecular formula is C20H23F2N3O. The predicted octanol–water partition coefficient (Wildman–Crippen LogP) is 3.01. The van der Waals surface area contributed by atoms with Crippen LogP contribution in [0, 0.1) is 23.5 Å². The second kappa shape index (κ2) is 6.35. The maximum Gasteiger partial charge on any atom is 0.135 e. The van der Waals surface area contributed by atoms with Gasteiger partial charge in [-0.3, -0.25) is 0 Å². The van der Waals surface area contributed by atoms with E-state index in [9.17, 15) is 8.78 Å². The van der Waals surface area contributed by atoms with Crippen molar-refractivity contribution >= 4 is 0 Å². The molecule has 0 radical (unpaired) electrons. The number of rotatable bonds is 5. The Labute approximate surface area is 151 Å². The van der Waals surface area contributed by atoms with Crippen molar-refractivity contribution in [2.24, 2.45) is 11.8 Å². The Morgan fingerprint density at radius 1 is 1.23 bits per heavy atom. The van der Waals surface area contributed by atoms with Crippen molar-refractivity contribution in [1.82, 2.24) is 15.5 Å². The Morgan fingerprint density at radius 2 is 1.96 bits per heavy atom. The number of aliphatic hydroxyl groups is 1. The highest BCUT2D eigenvalue weighted by Crippen LogP contribution is 2.62. The summed E-state index contributed by atoms with van der Waals surface area (Å²) in [5, 5.41) is 21.0. The second-order valence-corrected chi connectivity index (χ2v) is 7.68. The van der Waals surface area contributed by atoms with E-state index in [0.29, 0.717) is 24.3 Å².